The second-order valence-electron chi connectivity index (χ2n) is 3.37. The van der Waals surface area contributed by atoms with E-state index in [4.69, 9.17) is 5.73 Å². The molecule has 0 amide bonds. The van der Waals surface area contributed by atoms with E-state index in [1.54, 1.807) is 0 Å². The molecule has 1 nitrogen and oxygen atoms in total. The summed E-state index contributed by atoms with van der Waals surface area (Å²) in [5.41, 5.74) is 7.28. The van der Waals surface area contributed by atoms with Crippen molar-refractivity contribution in [3.8, 4) is 0 Å². The molecule has 1 aromatic rings. The molecule has 1 fully saturated rings. The van der Waals surface area contributed by atoms with E-state index in [9.17, 15) is 0 Å². The van der Waals surface area contributed by atoms with Crippen molar-refractivity contribution < 1.29 is 0 Å². The maximum Gasteiger partial charge on any atom is 0.0115 e. The van der Waals surface area contributed by atoms with E-state index in [1.807, 2.05) is 11.3 Å². The van der Waals surface area contributed by atoms with Gasteiger partial charge in [-0.2, -0.15) is 0 Å². The number of rotatable bonds is 1. The van der Waals surface area contributed by atoms with Crippen LogP contribution in [0.4, 0.5) is 0 Å². The topological polar surface area (TPSA) is 26.0 Å². The molecule has 1 aliphatic carbocycles. The lowest BCUT2D eigenvalue weighted by molar-refractivity contribution is 0.988. The molecule has 1 heterocycles. The van der Waals surface area contributed by atoms with Gasteiger partial charge in [-0.3, -0.25) is 0 Å². The Morgan fingerprint density at radius 1 is 1.55 bits per heavy atom. The lowest BCUT2D eigenvalue weighted by Crippen LogP contribution is -2.00. The Labute approximate surface area is 71.2 Å². The molecular formula is C9H13NS. The number of nitrogens with two attached hydrogens (primary N) is 1. The van der Waals surface area contributed by atoms with Gasteiger partial charge in [0.15, 0.2) is 0 Å². The normalized spacial score (nSPS) is 29.0. The Morgan fingerprint density at radius 3 is 2.55 bits per heavy atom. The van der Waals surface area contributed by atoms with E-state index in [0.717, 1.165) is 0 Å². The number of aryl methyl sites for hydroxylation is 2. The molecule has 0 bridgehead atoms. The predicted molar refractivity (Wildman–Crippen MR) is 49.1 cm³/mol. The van der Waals surface area contributed by atoms with Crippen molar-refractivity contribution in [1.29, 1.82) is 0 Å². The third-order valence-corrected chi connectivity index (χ3v) is 3.30. The summed E-state index contributed by atoms with van der Waals surface area (Å²) in [5.74, 6) is 0.681. The zero-order chi connectivity index (χ0) is 8.01. The van der Waals surface area contributed by atoms with Crippen LogP contribution in [-0.4, -0.2) is 6.04 Å². The van der Waals surface area contributed by atoms with Gasteiger partial charge in [-0.15, -0.1) is 11.3 Å². The molecule has 1 aromatic heterocycles. The summed E-state index contributed by atoms with van der Waals surface area (Å²) < 4.78 is 0. The fraction of sp³-hybridized carbons (Fsp3) is 0.556. The SMILES string of the molecule is Cc1cc(C2CC2N)c(C)s1. The van der Waals surface area contributed by atoms with Gasteiger partial charge < -0.3 is 5.73 Å². The first-order valence-electron chi connectivity index (χ1n) is 4.01. The Hall–Kier alpha value is -0.340. The minimum Gasteiger partial charge on any atom is -0.327 e. The lowest BCUT2D eigenvalue weighted by Gasteiger charge is -1.93. The number of hydrogen-bond acceptors (Lipinski definition) is 2. The van der Waals surface area contributed by atoms with Gasteiger partial charge in [0.2, 0.25) is 0 Å². The van der Waals surface area contributed by atoms with E-state index in [1.165, 1.54) is 21.7 Å². The van der Waals surface area contributed by atoms with Crippen LogP contribution >= 0.6 is 11.3 Å². The molecule has 1 aliphatic rings. The van der Waals surface area contributed by atoms with E-state index in [-0.39, 0.29) is 0 Å². The molecule has 2 heteroatoms. The predicted octanol–water partition coefficient (Wildman–Crippen LogP) is 2.18. The Kier molecular flexibility index (Phi) is 1.55. The van der Waals surface area contributed by atoms with Crippen molar-refractivity contribution in [1.82, 2.24) is 0 Å². The van der Waals surface area contributed by atoms with Crippen LogP contribution in [0.2, 0.25) is 0 Å². The zero-order valence-electron chi connectivity index (χ0n) is 6.92. The highest BCUT2D eigenvalue weighted by Gasteiger charge is 2.36. The van der Waals surface area contributed by atoms with Crippen molar-refractivity contribution in [3.05, 3.63) is 21.4 Å². The first-order valence-corrected chi connectivity index (χ1v) is 4.82. The fourth-order valence-electron chi connectivity index (χ4n) is 1.59. The second kappa shape index (κ2) is 2.32. The van der Waals surface area contributed by atoms with Gasteiger partial charge in [0.1, 0.15) is 0 Å². The van der Waals surface area contributed by atoms with Crippen LogP contribution in [0.5, 0.6) is 0 Å². The first-order chi connectivity index (χ1) is 5.18. The molecule has 2 rings (SSSR count). The minimum absolute atomic E-state index is 0.447. The molecule has 1 saturated carbocycles. The maximum absolute atomic E-state index is 5.78. The van der Waals surface area contributed by atoms with E-state index < -0.39 is 0 Å². The van der Waals surface area contributed by atoms with E-state index >= 15 is 0 Å². The monoisotopic (exact) mass is 167 g/mol. The molecule has 0 saturated heterocycles. The smallest absolute Gasteiger partial charge is 0.0115 e. The van der Waals surface area contributed by atoms with Gasteiger partial charge in [0, 0.05) is 21.7 Å². The van der Waals surface area contributed by atoms with E-state index in [2.05, 4.69) is 19.9 Å². The van der Waals surface area contributed by atoms with Crippen LogP contribution < -0.4 is 5.73 Å². The molecular weight excluding hydrogens is 154 g/mol. The van der Waals surface area contributed by atoms with Crippen molar-refractivity contribution in [2.75, 3.05) is 0 Å². The van der Waals surface area contributed by atoms with Crippen LogP contribution in [-0.2, 0) is 0 Å². The molecule has 2 atom stereocenters. The first kappa shape index (κ1) is 7.32. The highest BCUT2D eigenvalue weighted by atomic mass is 32.1. The van der Waals surface area contributed by atoms with Crippen molar-refractivity contribution in [3.63, 3.8) is 0 Å². The van der Waals surface area contributed by atoms with Crippen LogP contribution in [0, 0.1) is 13.8 Å². The zero-order valence-corrected chi connectivity index (χ0v) is 7.74. The quantitative estimate of drug-likeness (QED) is 0.681. The average molecular weight is 167 g/mol. The van der Waals surface area contributed by atoms with E-state index in [0.29, 0.717) is 12.0 Å². The van der Waals surface area contributed by atoms with Crippen LogP contribution in [0.25, 0.3) is 0 Å². The molecule has 0 aliphatic heterocycles. The average Bonchev–Trinajstić information content (AvgIpc) is 2.52. The van der Waals surface area contributed by atoms with Gasteiger partial charge in [0.25, 0.3) is 0 Å². The standard InChI is InChI=1S/C9H13NS/c1-5-3-7(6(2)11-5)8-4-9(8)10/h3,8-9H,4,10H2,1-2H3. The Balaban J connectivity index is 2.30. The highest BCUT2D eigenvalue weighted by Crippen LogP contribution is 2.42. The van der Waals surface area contributed by atoms with Crippen LogP contribution in [0.15, 0.2) is 6.07 Å². The fourth-order valence-corrected chi connectivity index (χ4v) is 2.59. The number of thiophene rings is 1. The molecule has 2 N–H and O–H groups in total. The molecule has 11 heavy (non-hydrogen) atoms. The van der Waals surface area contributed by atoms with Gasteiger partial charge in [-0.25, -0.2) is 0 Å². The summed E-state index contributed by atoms with van der Waals surface area (Å²) >= 11 is 1.88. The molecule has 0 radical (unpaired) electrons. The minimum atomic E-state index is 0.447. The third kappa shape index (κ3) is 1.21. The Morgan fingerprint density at radius 2 is 2.18 bits per heavy atom. The summed E-state index contributed by atoms with van der Waals surface area (Å²) in [6.07, 6.45) is 1.19. The van der Waals surface area contributed by atoms with Crippen LogP contribution in [0.1, 0.15) is 27.7 Å². The summed E-state index contributed by atoms with van der Waals surface area (Å²) in [4.78, 5) is 2.87. The summed E-state index contributed by atoms with van der Waals surface area (Å²) in [7, 11) is 0. The molecule has 0 spiro atoms. The lowest BCUT2D eigenvalue weighted by atomic mass is 10.1. The second-order valence-corrected chi connectivity index (χ2v) is 4.84. The van der Waals surface area contributed by atoms with Crippen molar-refractivity contribution in [2.45, 2.75) is 32.2 Å². The summed E-state index contributed by atoms with van der Waals surface area (Å²) in [6.45, 7) is 4.35. The largest absolute Gasteiger partial charge is 0.327 e. The van der Waals surface area contributed by atoms with Crippen molar-refractivity contribution in [2.24, 2.45) is 5.73 Å². The molecule has 2 unspecified atom stereocenters. The third-order valence-electron chi connectivity index (χ3n) is 2.32. The van der Waals surface area contributed by atoms with Gasteiger partial charge in [-0.1, -0.05) is 0 Å². The van der Waals surface area contributed by atoms with Crippen LogP contribution in [0.3, 0.4) is 0 Å². The van der Waals surface area contributed by atoms with Gasteiger partial charge >= 0.3 is 0 Å². The van der Waals surface area contributed by atoms with Gasteiger partial charge in [-0.05, 0) is 31.9 Å². The summed E-state index contributed by atoms with van der Waals surface area (Å²) in [5, 5.41) is 0. The number of hydrogen-bond donors (Lipinski definition) is 1. The van der Waals surface area contributed by atoms with Gasteiger partial charge in [0.05, 0.1) is 0 Å². The molecule has 60 valence electrons. The Bertz CT molecular complexity index is 277. The maximum atomic E-state index is 5.78. The highest BCUT2D eigenvalue weighted by molar-refractivity contribution is 7.12. The molecule has 0 aromatic carbocycles. The summed E-state index contributed by atoms with van der Waals surface area (Å²) in [6, 6.07) is 2.74. The van der Waals surface area contributed by atoms with Crippen molar-refractivity contribution >= 4 is 11.3 Å².